The third-order valence-electron chi connectivity index (χ3n) is 1.97. The van der Waals surface area contributed by atoms with E-state index < -0.39 is 22.0 Å². The Morgan fingerprint density at radius 2 is 1.44 bits per heavy atom. The van der Waals surface area contributed by atoms with Crippen LogP contribution in [0.15, 0.2) is 54.6 Å². The highest BCUT2D eigenvalue weighted by atomic mass is 32.3. The summed E-state index contributed by atoms with van der Waals surface area (Å²) < 4.78 is 45.4. The SMILES string of the molecule is O=S(=O)(Oc1ccccc1)Oc1ccccc1F. The van der Waals surface area contributed by atoms with Gasteiger partial charge in [-0.1, -0.05) is 30.3 Å². The van der Waals surface area contributed by atoms with Gasteiger partial charge in [0.25, 0.3) is 0 Å². The fourth-order valence-corrected chi connectivity index (χ4v) is 1.97. The number of halogens is 1. The van der Waals surface area contributed by atoms with E-state index in [0.717, 1.165) is 6.07 Å². The second kappa shape index (κ2) is 5.05. The Morgan fingerprint density at radius 1 is 0.833 bits per heavy atom. The Labute approximate surface area is 104 Å². The Kier molecular flexibility index (Phi) is 3.47. The number of hydrogen-bond donors (Lipinski definition) is 0. The Balaban J connectivity index is 2.16. The molecule has 0 atom stereocenters. The Bertz CT molecular complexity index is 626. The monoisotopic (exact) mass is 268 g/mol. The maximum atomic E-state index is 13.2. The van der Waals surface area contributed by atoms with Crippen molar-refractivity contribution < 1.29 is 21.2 Å². The maximum absolute atomic E-state index is 13.2. The molecule has 0 aliphatic rings. The number of para-hydroxylation sites is 2. The van der Waals surface area contributed by atoms with Crippen molar-refractivity contribution in [3.05, 3.63) is 60.4 Å². The van der Waals surface area contributed by atoms with Crippen LogP contribution in [-0.4, -0.2) is 8.42 Å². The van der Waals surface area contributed by atoms with Crippen LogP contribution in [0.2, 0.25) is 0 Å². The van der Waals surface area contributed by atoms with E-state index >= 15 is 0 Å². The molecule has 2 aromatic rings. The fourth-order valence-electron chi connectivity index (χ4n) is 1.23. The van der Waals surface area contributed by atoms with Crippen molar-refractivity contribution in [2.75, 3.05) is 0 Å². The molecule has 0 N–H and O–H groups in total. The van der Waals surface area contributed by atoms with Gasteiger partial charge >= 0.3 is 10.4 Å². The first-order valence-corrected chi connectivity index (χ1v) is 6.34. The van der Waals surface area contributed by atoms with Gasteiger partial charge in [-0.05, 0) is 24.3 Å². The second-order valence-corrected chi connectivity index (χ2v) is 4.47. The molecule has 0 aromatic heterocycles. The summed E-state index contributed by atoms with van der Waals surface area (Å²) in [4.78, 5) is 0. The molecule has 0 bridgehead atoms. The highest BCUT2D eigenvalue weighted by molar-refractivity contribution is 7.82. The highest BCUT2D eigenvalue weighted by Gasteiger charge is 2.17. The van der Waals surface area contributed by atoms with Gasteiger partial charge in [0, 0.05) is 0 Å². The molecular weight excluding hydrogens is 259 g/mol. The van der Waals surface area contributed by atoms with Gasteiger partial charge in [-0.3, -0.25) is 0 Å². The molecule has 0 aliphatic heterocycles. The summed E-state index contributed by atoms with van der Waals surface area (Å²) in [7, 11) is -4.35. The molecule has 0 saturated carbocycles. The van der Waals surface area contributed by atoms with Crippen LogP contribution in [0.5, 0.6) is 11.5 Å². The summed E-state index contributed by atoms with van der Waals surface area (Å²) >= 11 is 0. The molecule has 18 heavy (non-hydrogen) atoms. The molecule has 2 rings (SSSR count). The molecule has 0 aliphatic carbocycles. The second-order valence-electron chi connectivity index (χ2n) is 3.32. The predicted molar refractivity (Wildman–Crippen MR) is 63.0 cm³/mol. The fraction of sp³-hybridized carbons (Fsp3) is 0. The van der Waals surface area contributed by atoms with E-state index in [1.807, 2.05) is 0 Å². The minimum atomic E-state index is -4.35. The van der Waals surface area contributed by atoms with Crippen LogP contribution in [0.3, 0.4) is 0 Å². The summed E-state index contributed by atoms with van der Waals surface area (Å²) in [6.07, 6.45) is 0. The van der Waals surface area contributed by atoms with Gasteiger partial charge in [0.1, 0.15) is 5.75 Å². The number of benzene rings is 2. The van der Waals surface area contributed by atoms with Crippen molar-refractivity contribution in [1.29, 1.82) is 0 Å². The lowest BCUT2D eigenvalue weighted by atomic mass is 10.3. The molecule has 0 fully saturated rings. The first-order chi connectivity index (χ1) is 8.57. The highest BCUT2D eigenvalue weighted by Crippen LogP contribution is 2.19. The zero-order chi connectivity index (χ0) is 13.0. The summed E-state index contributed by atoms with van der Waals surface area (Å²) in [5.41, 5.74) is 0. The van der Waals surface area contributed by atoms with Crippen LogP contribution >= 0.6 is 0 Å². The van der Waals surface area contributed by atoms with Gasteiger partial charge in [0.05, 0.1) is 0 Å². The van der Waals surface area contributed by atoms with E-state index in [4.69, 9.17) is 0 Å². The predicted octanol–water partition coefficient (Wildman–Crippen LogP) is 2.53. The molecule has 0 amide bonds. The van der Waals surface area contributed by atoms with Crippen molar-refractivity contribution in [3.8, 4) is 11.5 Å². The Hall–Kier alpha value is -2.08. The van der Waals surface area contributed by atoms with Crippen LogP contribution < -0.4 is 8.37 Å². The molecule has 0 radical (unpaired) electrons. The van der Waals surface area contributed by atoms with E-state index in [2.05, 4.69) is 8.37 Å². The minimum absolute atomic E-state index is 0.0915. The average Bonchev–Trinajstić information content (AvgIpc) is 2.32. The molecule has 0 spiro atoms. The molecule has 94 valence electrons. The van der Waals surface area contributed by atoms with Crippen LogP contribution in [0, 0.1) is 5.82 Å². The first-order valence-electron chi connectivity index (χ1n) is 5.00. The van der Waals surface area contributed by atoms with Crippen molar-refractivity contribution in [1.82, 2.24) is 0 Å². The molecule has 0 saturated heterocycles. The standard InChI is InChI=1S/C12H9FO4S/c13-11-8-4-5-9-12(11)17-18(14,15)16-10-6-2-1-3-7-10/h1-9H. The van der Waals surface area contributed by atoms with E-state index in [1.165, 1.54) is 30.3 Å². The van der Waals surface area contributed by atoms with Gasteiger partial charge in [0.2, 0.25) is 0 Å². The van der Waals surface area contributed by atoms with Crippen LogP contribution in [0.25, 0.3) is 0 Å². The lowest BCUT2D eigenvalue weighted by molar-refractivity contribution is 0.382. The normalized spacial score (nSPS) is 10.9. The lowest BCUT2D eigenvalue weighted by Crippen LogP contribution is -2.17. The topological polar surface area (TPSA) is 52.6 Å². The quantitative estimate of drug-likeness (QED) is 0.855. The number of hydrogen-bond acceptors (Lipinski definition) is 4. The molecule has 6 heteroatoms. The largest absolute Gasteiger partial charge is 0.501 e. The van der Waals surface area contributed by atoms with Gasteiger partial charge in [-0.2, -0.15) is 0 Å². The van der Waals surface area contributed by atoms with E-state index in [9.17, 15) is 12.8 Å². The van der Waals surface area contributed by atoms with Crippen molar-refractivity contribution in [3.63, 3.8) is 0 Å². The van der Waals surface area contributed by atoms with Crippen LogP contribution in [0.1, 0.15) is 0 Å². The van der Waals surface area contributed by atoms with Gasteiger partial charge in [-0.15, -0.1) is 8.42 Å². The minimum Gasteiger partial charge on any atom is -0.353 e. The van der Waals surface area contributed by atoms with Crippen molar-refractivity contribution in [2.24, 2.45) is 0 Å². The van der Waals surface area contributed by atoms with Gasteiger partial charge < -0.3 is 8.37 Å². The average molecular weight is 268 g/mol. The third-order valence-corrected chi connectivity index (χ3v) is 2.75. The number of rotatable bonds is 4. The van der Waals surface area contributed by atoms with Gasteiger partial charge in [0.15, 0.2) is 11.6 Å². The molecule has 0 unspecified atom stereocenters. The lowest BCUT2D eigenvalue weighted by Gasteiger charge is -2.07. The van der Waals surface area contributed by atoms with E-state index in [-0.39, 0.29) is 5.75 Å². The Morgan fingerprint density at radius 3 is 2.11 bits per heavy atom. The smallest absolute Gasteiger partial charge is 0.353 e. The summed E-state index contributed by atoms with van der Waals surface area (Å²) in [6, 6.07) is 13.0. The third kappa shape index (κ3) is 3.21. The summed E-state index contributed by atoms with van der Waals surface area (Å²) in [5, 5.41) is 0. The summed E-state index contributed by atoms with van der Waals surface area (Å²) in [5.74, 6) is -1.10. The van der Waals surface area contributed by atoms with Crippen molar-refractivity contribution >= 4 is 10.4 Å². The van der Waals surface area contributed by atoms with E-state index in [0.29, 0.717) is 0 Å². The zero-order valence-electron chi connectivity index (χ0n) is 9.12. The van der Waals surface area contributed by atoms with Crippen LogP contribution in [0.4, 0.5) is 4.39 Å². The summed E-state index contributed by atoms with van der Waals surface area (Å²) in [6.45, 7) is 0. The van der Waals surface area contributed by atoms with E-state index in [1.54, 1.807) is 18.2 Å². The molecule has 2 aromatic carbocycles. The first kappa shape index (κ1) is 12.4. The van der Waals surface area contributed by atoms with Crippen LogP contribution in [-0.2, 0) is 10.4 Å². The maximum Gasteiger partial charge on any atom is 0.501 e. The van der Waals surface area contributed by atoms with Gasteiger partial charge in [-0.25, -0.2) is 4.39 Å². The molecule has 0 heterocycles. The zero-order valence-corrected chi connectivity index (χ0v) is 9.93. The molecule has 4 nitrogen and oxygen atoms in total. The van der Waals surface area contributed by atoms with Crippen molar-refractivity contribution in [2.45, 2.75) is 0 Å². The molecular formula is C12H9FO4S.